The summed E-state index contributed by atoms with van der Waals surface area (Å²) in [5.41, 5.74) is 6.50. The number of hydrogen-bond donors (Lipinski definition) is 0. The second-order valence-electron chi connectivity index (χ2n) is 7.03. The number of benzene rings is 3. The lowest BCUT2D eigenvalue weighted by molar-refractivity contribution is -0.660. The Kier molecular flexibility index (Phi) is 3.27. The van der Waals surface area contributed by atoms with Gasteiger partial charge in [-0.25, -0.2) is 4.57 Å². The van der Waals surface area contributed by atoms with Gasteiger partial charge in [-0.2, -0.15) is 0 Å². The third kappa shape index (κ3) is 3.36. The van der Waals surface area contributed by atoms with E-state index in [-0.39, 0.29) is 0 Å². The van der Waals surface area contributed by atoms with Crippen LogP contribution in [0, 0.1) is 20.6 Å². The van der Waals surface area contributed by atoms with Crippen LogP contribution in [-0.4, -0.2) is 0 Å². The zero-order valence-electron chi connectivity index (χ0n) is 22.0. The molecule has 0 fully saturated rings. The Morgan fingerprint density at radius 1 is 0.643 bits per heavy atom. The van der Waals surface area contributed by atoms with E-state index in [9.17, 15) is 0 Å². The largest absolute Gasteiger partial charge is 0.213 e. The Bertz CT molecular complexity index is 1250. The van der Waals surface area contributed by atoms with Crippen molar-refractivity contribution in [3.8, 4) is 33.5 Å². The summed E-state index contributed by atoms with van der Waals surface area (Å²) in [4.78, 5) is 0. The normalized spacial score (nSPS) is 14.9. The van der Waals surface area contributed by atoms with Gasteiger partial charge in [0, 0.05) is 25.9 Å². The van der Waals surface area contributed by atoms with E-state index >= 15 is 0 Å². The summed E-state index contributed by atoms with van der Waals surface area (Å²) in [7, 11) is 1.94. The van der Waals surface area contributed by atoms with E-state index < -0.39 is 13.7 Å². The fourth-order valence-corrected chi connectivity index (χ4v) is 3.54. The standard InChI is InChI=1S/C27H26N/c1-19-9-5-7-11-24(19)22-14-13-21(3)26(17-22)27-18-23(15-16-28(27)4)25-12-8-6-10-20(25)2/h5-18H,1-4H3/q+1/i1D3,2D3. The highest BCUT2D eigenvalue weighted by Gasteiger charge is 2.16. The lowest BCUT2D eigenvalue weighted by Crippen LogP contribution is -2.30. The molecule has 138 valence electrons. The Labute approximate surface area is 176 Å². The lowest BCUT2D eigenvalue weighted by Gasteiger charge is -2.12. The minimum atomic E-state index is -2.22. The molecule has 3 aromatic carbocycles. The predicted molar refractivity (Wildman–Crippen MR) is 118 cm³/mol. The molecule has 1 aromatic heterocycles. The van der Waals surface area contributed by atoms with Gasteiger partial charge in [-0.15, -0.1) is 0 Å². The topological polar surface area (TPSA) is 3.88 Å². The monoisotopic (exact) mass is 370 g/mol. The summed E-state index contributed by atoms with van der Waals surface area (Å²) in [5, 5.41) is 0. The average molecular weight is 371 g/mol. The van der Waals surface area contributed by atoms with Crippen molar-refractivity contribution in [1.82, 2.24) is 0 Å². The molecule has 0 amide bonds. The minimum Gasteiger partial charge on any atom is -0.201 e. The molecule has 0 saturated heterocycles. The van der Waals surface area contributed by atoms with Gasteiger partial charge in [0.2, 0.25) is 5.69 Å². The van der Waals surface area contributed by atoms with Crippen molar-refractivity contribution in [3.63, 3.8) is 0 Å². The first kappa shape index (κ1) is 12.3. The number of hydrogen-bond acceptors (Lipinski definition) is 0. The van der Waals surface area contributed by atoms with E-state index in [0.29, 0.717) is 22.3 Å². The van der Waals surface area contributed by atoms with Crippen LogP contribution in [-0.2, 0) is 7.05 Å². The maximum absolute atomic E-state index is 7.93. The van der Waals surface area contributed by atoms with Crippen molar-refractivity contribution in [2.24, 2.45) is 7.05 Å². The van der Waals surface area contributed by atoms with Crippen LogP contribution >= 0.6 is 0 Å². The van der Waals surface area contributed by atoms with Gasteiger partial charge in [0.05, 0.1) is 0 Å². The molecule has 0 N–H and O–H groups in total. The first-order chi connectivity index (χ1) is 16.0. The van der Waals surface area contributed by atoms with Crippen molar-refractivity contribution in [2.75, 3.05) is 0 Å². The molecule has 0 unspecified atom stereocenters. The first-order valence-corrected chi connectivity index (χ1v) is 9.27. The van der Waals surface area contributed by atoms with Crippen LogP contribution in [0.25, 0.3) is 33.5 Å². The Morgan fingerprint density at radius 2 is 1.25 bits per heavy atom. The Morgan fingerprint density at radius 3 is 1.89 bits per heavy atom. The van der Waals surface area contributed by atoms with E-state index in [4.69, 9.17) is 8.22 Å². The third-order valence-corrected chi connectivity index (χ3v) is 5.14. The van der Waals surface area contributed by atoms with E-state index in [1.54, 1.807) is 24.3 Å². The summed E-state index contributed by atoms with van der Waals surface area (Å²) in [6.07, 6.45) is 1.92. The van der Waals surface area contributed by atoms with Crippen molar-refractivity contribution >= 4 is 0 Å². The van der Waals surface area contributed by atoms with Crippen LogP contribution in [0.2, 0.25) is 0 Å². The SMILES string of the molecule is [2H]C([2H])([2H])c1ccccc1-c1ccc(C)c(-c2cc(-c3ccccc3C([2H])([2H])[2H])cc[n+]2C)c1. The highest BCUT2D eigenvalue weighted by atomic mass is 14.9. The van der Waals surface area contributed by atoms with Crippen molar-refractivity contribution in [1.29, 1.82) is 0 Å². The summed E-state index contributed by atoms with van der Waals surface area (Å²) >= 11 is 0. The maximum Gasteiger partial charge on any atom is 0.213 e. The molecule has 1 nitrogen and oxygen atoms in total. The van der Waals surface area contributed by atoms with Crippen LogP contribution in [0.1, 0.15) is 24.9 Å². The van der Waals surface area contributed by atoms with E-state index in [1.165, 1.54) is 0 Å². The van der Waals surface area contributed by atoms with Gasteiger partial charge >= 0.3 is 0 Å². The second kappa shape index (κ2) is 7.44. The van der Waals surface area contributed by atoms with Crippen LogP contribution in [0.4, 0.5) is 0 Å². The van der Waals surface area contributed by atoms with Gasteiger partial charge in [-0.05, 0) is 65.6 Å². The minimum absolute atomic E-state index is 0.312. The molecule has 28 heavy (non-hydrogen) atoms. The predicted octanol–water partition coefficient (Wildman–Crippen LogP) is 6.44. The van der Waals surface area contributed by atoms with Gasteiger partial charge < -0.3 is 0 Å². The molecule has 4 rings (SSSR count). The molecule has 0 bridgehead atoms. The Balaban J connectivity index is 1.89. The van der Waals surface area contributed by atoms with Gasteiger partial charge in [0.15, 0.2) is 6.20 Å². The smallest absolute Gasteiger partial charge is 0.201 e. The number of rotatable bonds is 3. The summed E-state index contributed by atoms with van der Waals surface area (Å²) in [6, 6.07) is 24.0. The molecule has 0 spiro atoms. The van der Waals surface area contributed by atoms with Crippen LogP contribution in [0.3, 0.4) is 0 Å². The summed E-state index contributed by atoms with van der Waals surface area (Å²) in [5.74, 6) is 0. The molecular formula is C27H26N+. The molecule has 1 heteroatoms. The highest BCUT2D eigenvalue weighted by molar-refractivity contribution is 5.77. The van der Waals surface area contributed by atoms with Crippen molar-refractivity contribution in [2.45, 2.75) is 20.6 Å². The quantitative estimate of drug-likeness (QED) is 0.365. The maximum atomic E-state index is 7.93. The summed E-state index contributed by atoms with van der Waals surface area (Å²) in [6.45, 7) is -2.42. The zero-order chi connectivity index (χ0) is 24.7. The molecule has 4 aromatic rings. The van der Waals surface area contributed by atoms with E-state index in [2.05, 4.69) is 0 Å². The second-order valence-corrected chi connectivity index (χ2v) is 7.03. The van der Waals surface area contributed by atoms with Crippen molar-refractivity contribution in [3.05, 3.63) is 102 Å². The molecular weight excluding hydrogens is 338 g/mol. The number of nitrogens with zero attached hydrogens (tertiary/aromatic N) is 1. The van der Waals surface area contributed by atoms with Gasteiger partial charge in [0.25, 0.3) is 0 Å². The third-order valence-electron chi connectivity index (χ3n) is 5.14. The Hall–Kier alpha value is -3.19. The zero-order valence-corrected chi connectivity index (χ0v) is 16.0. The highest BCUT2D eigenvalue weighted by Crippen LogP contribution is 2.31. The molecule has 0 aliphatic heterocycles. The van der Waals surface area contributed by atoms with Gasteiger partial charge in [-0.1, -0.05) is 60.7 Å². The summed E-state index contributed by atoms with van der Waals surface area (Å²) < 4.78 is 49.6. The first-order valence-electron chi connectivity index (χ1n) is 12.3. The van der Waals surface area contributed by atoms with Crippen LogP contribution < -0.4 is 4.57 Å². The molecule has 0 aliphatic carbocycles. The van der Waals surface area contributed by atoms with Crippen molar-refractivity contribution < 1.29 is 12.8 Å². The average Bonchev–Trinajstić information content (AvgIpc) is 2.79. The molecule has 0 radical (unpaired) electrons. The lowest BCUT2D eigenvalue weighted by atomic mass is 9.94. The fraction of sp³-hybridized carbons (Fsp3) is 0.148. The molecule has 0 atom stereocenters. The van der Waals surface area contributed by atoms with Gasteiger partial charge in [-0.3, -0.25) is 0 Å². The molecule has 1 heterocycles. The number of aryl methyl sites for hydroxylation is 4. The number of aromatic nitrogens is 1. The fourth-order valence-electron chi connectivity index (χ4n) is 3.54. The van der Waals surface area contributed by atoms with E-state index in [0.717, 1.165) is 27.9 Å². The molecule has 0 aliphatic rings. The van der Waals surface area contributed by atoms with Crippen LogP contribution in [0.5, 0.6) is 0 Å². The number of pyridine rings is 1. The molecule has 0 saturated carbocycles. The van der Waals surface area contributed by atoms with Gasteiger partial charge in [0.1, 0.15) is 7.05 Å². The van der Waals surface area contributed by atoms with Crippen LogP contribution in [0.15, 0.2) is 85.1 Å². The van der Waals surface area contributed by atoms with E-state index in [1.807, 2.05) is 79.3 Å².